The molecule has 1 rings (SSSR count). The Morgan fingerprint density at radius 1 is 1.62 bits per heavy atom. The second-order valence-electron chi connectivity index (χ2n) is 3.71. The zero-order valence-corrected chi connectivity index (χ0v) is 9.45. The van der Waals surface area contributed by atoms with Gasteiger partial charge in [-0.3, -0.25) is 4.79 Å². The van der Waals surface area contributed by atoms with Crippen molar-refractivity contribution in [2.45, 2.75) is 20.3 Å². The first kappa shape index (κ1) is 12.1. The van der Waals surface area contributed by atoms with Crippen molar-refractivity contribution in [1.82, 2.24) is 0 Å². The van der Waals surface area contributed by atoms with E-state index >= 15 is 0 Å². The summed E-state index contributed by atoms with van der Waals surface area (Å²) >= 11 is 0. The van der Waals surface area contributed by atoms with E-state index < -0.39 is 0 Å². The highest BCUT2D eigenvalue weighted by atomic mass is 16.1. The van der Waals surface area contributed by atoms with Crippen molar-refractivity contribution in [1.29, 1.82) is 5.26 Å². The normalized spacial score (nSPS) is 11.6. The van der Waals surface area contributed by atoms with E-state index in [1.165, 1.54) is 0 Å². The highest BCUT2D eigenvalue weighted by Crippen LogP contribution is 2.20. The monoisotopic (exact) mass is 217 g/mol. The zero-order chi connectivity index (χ0) is 12.1. The van der Waals surface area contributed by atoms with Crippen LogP contribution in [0, 0.1) is 17.2 Å². The number of carbonyl (C=O) groups excluding carboxylic acids is 1. The Kier molecular flexibility index (Phi) is 3.90. The molecule has 0 saturated heterocycles. The van der Waals surface area contributed by atoms with Gasteiger partial charge in [0.1, 0.15) is 0 Å². The number of hydrogen-bond donors (Lipinski definition) is 2. The number of nitriles is 1. The minimum atomic E-state index is -0.0566. The van der Waals surface area contributed by atoms with Gasteiger partial charge in [-0.2, -0.15) is 5.26 Å². The van der Waals surface area contributed by atoms with E-state index in [-0.39, 0.29) is 11.8 Å². The predicted molar refractivity (Wildman–Crippen MR) is 63.7 cm³/mol. The van der Waals surface area contributed by atoms with Gasteiger partial charge >= 0.3 is 0 Å². The summed E-state index contributed by atoms with van der Waals surface area (Å²) < 4.78 is 0. The third kappa shape index (κ3) is 2.74. The number of nitrogens with two attached hydrogens (primary N) is 1. The summed E-state index contributed by atoms with van der Waals surface area (Å²) in [6.45, 7) is 3.81. The molecule has 0 saturated carbocycles. The lowest BCUT2D eigenvalue weighted by Gasteiger charge is -2.11. The summed E-state index contributed by atoms with van der Waals surface area (Å²) in [5.41, 5.74) is 7.18. The van der Waals surface area contributed by atoms with Crippen LogP contribution < -0.4 is 11.1 Å². The van der Waals surface area contributed by atoms with Crippen molar-refractivity contribution >= 4 is 17.3 Å². The molecule has 0 bridgehead atoms. The maximum atomic E-state index is 11.6. The Bertz CT molecular complexity index is 434. The van der Waals surface area contributed by atoms with Crippen LogP contribution >= 0.6 is 0 Å². The number of nitrogens with zero attached hydrogens (tertiary/aromatic N) is 1. The van der Waals surface area contributed by atoms with Gasteiger partial charge in [0.25, 0.3) is 0 Å². The van der Waals surface area contributed by atoms with Gasteiger partial charge in [0.05, 0.1) is 23.0 Å². The topological polar surface area (TPSA) is 78.9 Å². The largest absolute Gasteiger partial charge is 0.397 e. The molecule has 1 aromatic carbocycles. The summed E-state index contributed by atoms with van der Waals surface area (Å²) in [7, 11) is 0. The van der Waals surface area contributed by atoms with Crippen LogP contribution in [0.1, 0.15) is 25.8 Å². The highest BCUT2D eigenvalue weighted by Gasteiger charge is 2.11. The van der Waals surface area contributed by atoms with Gasteiger partial charge in [0.2, 0.25) is 5.91 Å². The molecule has 0 aliphatic heterocycles. The molecule has 0 aromatic heterocycles. The van der Waals surface area contributed by atoms with Crippen molar-refractivity contribution in [2.75, 3.05) is 11.1 Å². The van der Waals surface area contributed by atoms with Crippen LogP contribution in [0.25, 0.3) is 0 Å². The van der Waals surface area contributed by atoms with Gasteiger partial charge in [0.15, 0.2) is 0 Å². The molecule has 0 heterocycles. The lowest BCUT2D eigenvalue weighted by atomic mass is 10.1. The number of amides is 1. The average molecular weight is 217 g/mol. The van der Waals surface area contributed by atoms with Gasteiger partial charge in [0, 0.05) is 5.92 Å². The molecule has 1 amide bonds. The molecule has 3 N–H and O–H groups in total. The fraction of sp³-hybridized carbons (Fsp3) is 0.333. The van der Waals surface area contributed by atoms with Gasteiger partial charge in [-0.25, -0.2) is 0 Å². The predicted octanol–water partition coefficient (Wildman–Crippen LogP) is 2.13. The maximum Gasteiger partial charge on any atom is 0.227 e. The van der Waals surface area contributed by atoms with Crippen molar-refractivity contribution < 1.29 is 4.79 Å². The number of hydrogen-bond acceptors (Lipinski definition) is 3. The summed E-state index contributed by atoms with van der Waals surface area (Å²) in [5.74, 6) is -0.103. The number of nitrogen functional groups attached to an aromatic ring is 1. The van der Waals surface area contributed by atoms with Crippen molar-refractivity contribution in [3.63, 3.8) is 0 Å². The number of carbonyl (C=O) groups is 1. The summed E-state index contributed by atoms with van der Waals surface area (Å²) in [6, 6.07) is 6.81. The summed E-state index contributed by atoms with van der Waals surface area (Å²) in [6.07, 6.45) is 0.780. The molecule has 0 radical (unpaired) electrons. The van der Waals surface area contributed by atoms with E-state index in [1.54, 1.807) is 18.2 Å². The first-order chi connectivity index (χ1) is 7.58. The van der Waals surface area contributed by atoms with Crippen LogP contribution in [0.15, 0.2) is 18.2 Å². The molecule has 0 aliphatic rings. The third-order valence-electron chi connectivity index (χ3n) is 2.50. The van der Waals surface area contributed by atoms with Crippen LogP contribution in [-0.2, 0) is 4.79 Å². The molecule has 84 valence electrons. The van der Waals surface area contributed by atoms with Gasteiger partial charge in [-0.05, 0) is 24.6 Å². The Hall–Kier alpha value is -2.02. The highest BCUT2D eigenvalue weighted by molar-refractivity contribution is 5.95. The molecule has 1 aromatic rings. The van der Waals surface area contributed by atoms with Crippen LogP contribution in [0.4, 0.5) is 11.4 Å². The quantitative estimate of drug-likeness (QED) is 0.761. The SMILES string of the molecule is CCC(C)C(=O)Nc1ccc(C#N)cc1N. The van der Waals surface area contributed by atoms with E-state index in [4.69, 9.17) is 11.0 Å². The molecule has 1 unspecified atom stereocenters. The average Bonchev–Trinajstić information content (AvgIpc) is 2.30. The lowest BCUT2D eigenvalue weighted by molar-refractivity contribution is -0.119. The smallest absolute Gasteiger partial charge is 0.227 e. The second kappa shape index (κ2) is 5.17. The minimum absolute atomic E-state index is 0.0463. The Morgan fingerprint density at radius 3 is 2.81 bits per heavy atom. The van der Waals surface area contributed by atoms with E-state index in [2.05, 4.69) is 5.32 Å². The van der Waals surface area contributed by atoms with E-state index in [1.807, 2.05) is 19.9 Å². The van der Waals surface area contributed by atoms with Gasteiger partial charge < -0.3 is 11.1 Å². The molecule has 4 nitrogen and oxygen atoms in total. The Morgan fingerprint density at radius 2 is 2.31 bits per heavy atom. The van der Waals surface area contributed by atoms with Gasteiger partial charge in [-0.1, -0.05) is 13.8 Å². The third-order valence-corrected chi connectivity index (χ3v) is 2.50. The van der Waals surface area contributed by atoms with Crippen molar-refractivity contribution in [3.8, 4) is 6.07 Å². The molecule has 0 fully saturated rings. The van der Waals surface area contributed by atoms with Crippen LogP contribution in [-0.4, -0.2) is 5.91 Å². The molecule has 4 heteroatoms. The molecular formula is C12H15N3O. The molecule has 1 atom stereocenters. The molecule has 0 spiro atoms. The molecule has 16 heavy (non-hydrogen) atoms. The summed E-state index contributed by atoms with van der Waals surface area (Å²) in [4.78, 5) is 11.6. The fourth-order valence-electron chi connectivity index (χ4n) is 1.19. The van der Waals surface area contributed by atoms with Crippen LogP contribution in [0.2, 0.25) is 0 Å². The fourth-order valence-corrected chi connectivity index (χ4v) is 1.19. The van der Waals surface area contributed by atoms with Crippen molar-refractivity contribution in [2.24, 2.45) is 5.92 Å². The molecule has 0 aliphatic carbocycles. The van der Waals surface area contributed by atoms with Gasteiger partial charge in [-0.15, -0.1) is 0 Å². The van der Waals surface area contributed by atoms with Crippen molar-refractivity contribution in [3.05, 3.63) is 23.8 Å². The van der Waals surface area contributed by atoms with E-state index in [9.17, 15) is 4.79 Å². The van der Waals surface area contributed by atoms with Crippen LogP contribution in [0.3, 0.4) is 0 Å². The molecular weight excluding hydrogens is 202 g/mol. The van der Waals surface area contributed by atoms with E-state index in [0.29, 0.717) is 16.9 Å². The number of rotatable bonds is 3. The second-order valence-corrected chi connectivity index (χ2v) is 3.71. The number of anilines is 2. The minimum Gasteiger partial charge on any atom is -0.397 e. The first-order valence-electron chi connectivity index (χ1n) is 5.19. The zero-order valence-electron chi connectivity index (χ0n) is 9.45. The number of benzene rings is 1. The summed E-state index contributed by atoms with van der Waals surface area (Å²) in [5, 5.41) is 11.4. The Balaban J connectivity index is 2.83. The first-order valence-corrected chi connectivity index (χ1v) is 5.19. The van der Waals surface area contributed by atoms with Crippen LogP contribution in [0.5, 0.6) is 0 Å². The van der Waals surface area contributed by atoms with E-state index in [0.717, 1.165) is 6.42 Å². The maximum absolute atomic E-state index is 11.6. The lowest BCUT2D eigenvalue weighted by Crippen LogP contribution is -2.20. The standard InChI is InChI=1S/C12H15N3O/c1-3-8(2)12(16)15-11-5-4-9(7-13)6-10(11)14/h4-6,8H,3,14H2,1-2H3,(H,15,16). The number of nitrogens with one attached hydrogen (secondary N) is 1. The Labute approximate surface area is 95.1 Å².